The Morgan fingerprint density at radius 2 is 2.12 bits per heavy atom. The van der Waals surface area contributed by atoms with Crippen molar-refractivity contribution in [2.45, 2.75) is 19.4 Å². The average Bonchev–Trinajstić information content (AvgIpc) is 2.58. The largest absolute Gasteiger partial charge is 0.497 e. The fraction of sp³-hybridized carbons (Fsp3) is 0.222. The topological polar surface area (TPSA) is 57.1 Å². The van der Waals surface area contributed by atoms with Crippen molar-refractivity contribution in [2.24, 2.45) is 5.16 Å². The number of carbonyl (C=O) groups is 1. The number of fused-ring (bicyclic) bond motifs is 1. The van der Waals surface area contributed by atoms with E-state index in [0.717, 1.165) is 10.0 Å². The standard InChI is InChI=1S/C18H16BrNO4/c1-11-8-16(15-7-6-14(22-2)10-17(15)23-11)20-24-18(21)12-4-3-5-13(19)9-12/h3-7,9-11H,8H2,1-2H3/b20-16-. The summed E-state index contributed by atoms with van der Waals surface area (Å²) in [4.78, 5) is 17.3. The summed E-state index contributed by atoms with van der Waals surface area (Å²) >= 11 is 3.33. The van der Waals surface area contributed by atoms with E-state index in [1.54, 1.807) is 31.4 Å². The second kappa shape index (κ2) is 7.05. The van der Waals surface area contributed by atoms with E-state index in [-0.39, 0.29) is 6.10 Å². The monoisotopic (exact) mass is 389 g/mol. The minimum atomic E-state index is -0.502. The summed E-state index contributed by atoms with van der Waals surface area (Å²) in [5, 5.41) is 4.07. The third-order valence-electron chi connectivity index (χ3n) is 3.61. The summed E-state index contributed by atoms with van der Waals surface area (Å²) in [6, 6.07) is 12.5. The first-order valence-electron chi connectivity index (χ1n) is 7.45. The van der Waals surface area contributed by atoms with E-state index in [1.807, 2.05) is 25.1 Å². The molecule has 6 heteroatoms. The Kier molecular flexibility index (Phi) is 4.85. The van der Waals surface area contributed by atoms with E-state index in [2.05, 4.69) is 21.1 Å². The zero-order valence-electron chi connectivity index (χ0n) is 13.3. The van der Waals surface area contributed by atoms with Gasteiger partial charge in [0.1, 0.15) is 17.6 Å². The van der Waals surface area contributed by atoms with Gasteiger partial charge in [-0.15, -0.1) is 0 Å². The van der Waals surface area contributed by atoms with Crippen LogP contribution in [0.15, 0.2) is 52.1 Å². The number of methoxy groups -OCH3 is 1. The van der Waals surface area contributed by atoms with Crippen molar-refractivity contribution in [3.05, 3.63) is 58.1 Å². The molecule has 0 N–H and O–H groups in total. The summed E-state index contributed by atoms with van der Waals surface area (Å²) in [6.45, 7) is 1.94. The Morgan fingerprint density at radius 3 is 2.88 bits per heavy atom. The fourth-order valence-corrected chi connectivity index (χ4v) is 2.86. The molecule has 0 spiro atoms. The van der Waals surface area contributed by atoms with Crippen molar-refractivity contribution >= 4 is 27.6 Å². The van der Waals surface area contributed by atoms with Crippen LogP contribution in [0.4, 0.5) is 0 Å². The lowest BCUT2D eigenvalue weighted by molar-refractivity contribution is 0.0513. The van der Waals surface area contributed by atoms with Gasteiger partial charge in [0.25, 0.3) is 0 Å². The van der Waals surface area contributed by atoms with E-state index in [1.165, 1.54) is 0 Å². The van der Waals surface area contributed by atoms with Crippen molar-refractivity contribution in [3.8, 4) is 11.5 Å². The molecule has 1 atom stereocenters. The summed E-state index contributed by atoms with van der Waals surface area (Å²) in [5.41, 5.74) is 1.91. The maximum absolute atomic E-state index is 12.1. The number of halogens is 1. The zero-order chi connectivity index (χ0) is 17.1. The van der Waals surface area contributed by atoms with Gasteiger partial charge in [0.05, 0.1) is 18.4 Å². The molecule has 1 heterocycles. The summed E-state index contributed by atoms with van der Waals surface area (Å²) in [7, 11) is 1.60. The summed E-state index contributed by atoms with van der Waals surface area (Å²) < 4.78 is 11.8. The van der Waals surface area contributed by atoms with Gasteiger partial charge in [-0.1, -0.05) is 27.2 Å². The Balaban J connectivity index is 1.84. The molecule has 124 valence electrons. The lowest BCUT2D eigenvalue weighted by Gasteiger charge is -2.24. The molecule has 0 saturated heterocycles. The normalized spacial score (nSPS) is 17.8. The molecule has 1 aliphatic rings. The lowest BCUT2D eigenvalue weighted by atomic mass is 10.0. The van der Waals surface area contributed by atoms with Gasteiger partial charge in [-0.05, 0) is 37.3 Å². The maximum atomic E-state index is 12.1. The number of ether oxygens (including phenoxy) is 2. The average molecular weight is 390 g/mol. The molecule has 2 aromatic rings. The summed E-state index contributed by atoms with van der Waals surface area (Å²) in [6.07, 6.45) is 0.499. The van der Waals surface area contributed by atoms with Crippen molar-refractivity contribution in [3.63, 3.8) is 0 Å². The number of oxime groups is 1. The van der Waals surface area contributed by atoms with Gasteiger partial charge < -0.3 is 14.3 Å². The summed E-state index contributed by atoms with van der Waals surface area (Å²) in [5.74, 6) is 0.872. The quantitative estimate of drug-likeness (QED) is 0.583. The predicted molar refractivity (Wildman–Crippen MR) is 93.8 cm³/mol. The van der Waals surface area contributed by atoms with Gasteiger partial charge in [0.2, 0.25) is 0 Å². The number of hydrogen-bond acceptors (Lipinski definition) is 5. The molecule has 2 aromatic carbocycles. The second-order valence-corrected chi connectivity index (χ2v) is 6.34. The van der Waals surface area contributed by atoms with Gasteiger partial charge in [-0.2, -0.15) is 0 Å². The number of benzene rings is 2. The van der Waals surface area contributed by atoms with Crippen LogP contribution in [-0.2, 0) is 4.84 Å². The third-order valence-corrected chi connectivity index (χ3v) is 4.10. The molecule has 0 fully saturated rings. The van der Waals surface area contributed by atoms with Gasteiger partial charge >= 0.3 is 5.97 Å². The highest BCUT2D eigenvalue weighted by atomic mass is 79.9. The molecule has 0 aliphatic carbocycles. The molecule has 0 saturated carbocycles. The number of hydrogen-bond donors (Lipinski definition) is 0. The predicted octanol–water partition coefficient (Wildman–Crippen LogP) is 4.19. The van der Waals surface area contributed by atoms with E-state index in [9.17, 15) is 4.79 Å². The Morgan fingerprint density at radius 1 is 1.29 bits per heavy atom. The van der Waals surface area contributed by atoms with Crippen LogP contribution in [0.25, 0.3) is 0 Å². The van der Waals surface area contributed by atoms with Crippen LogP contribution in [0.1, 0.15) is 29.3 Å². The first kappa shape index (κ1) is 16.5. The molecule has 0 bridgehead atoms. The highest BCUT2D eigenvalue weighted by molar-refractivity contribution is 9.10. The van der Waals surface area contributed by atoms with Crippen LogP contribution in [0.2, 0.25) is 0 Å². The molecule has 0 radical (unpaired) electrons. The minimum absolute atomic E-state index is 0.0621. The van der Waals surface area contributed by atoms with Crippen LogP contribution in [0.5, 0.6) is 11.5 Å². The lowest BCUT2D eigenvalue weighted by Crippen LogP contribution is -2.25. The van der Waals surface area contributed by atoms with Crippen LogP contribution in [-0.4, -0.2) is 24.9 Å². The molecule has 1 unspecified atom stereocenters. The molecule has 5 nitrogen and oxygen atoms in total. The van der Waals surface area contributed by atoms with Gasteiger partial charge in [0, 0.05) is 22.5 Å². The van der Waals surface area contributed by atoms with Crippen LogP contribution in [0, 0.1) is 0 Å². The van der Waals surface area contributed by atoms with E-state index in [4.69, 9.17) is 14.3 Å². The van der Waals surface area contributed by atoms with Crippen molar-refractivity contribution in [1.29, 1.82) is 0 Å². The van der Waals surface area contributed by atoms with Gasteiger partial charge in [-0.3, -0.25) is 0 Å². The van der Waals surface area contributed by atoms with Crippen LogP contribution in [0.3, 0.4) is 0 Å². The fourth-order valence-electron chi connectivity index (χ4n) is 2.46. The SMILES string of the molecule is COc1ccc2c(c1)OC(C)C/C2=N/OC(=O)c1cccc(Br)c1. The Bertz CT molecular complexity index is 803. The molecule has 0 amide bonds. The van der Waals surface area contributed by atoms with Crippen LogP contribution >= 0.6 is 15.9 Å². The van der Waals surface area contributed by atoms with Crippen molar-refractivity contribution < 1.29 is 19.1 Å². The molecule has 3 rings (SSSR count). The minimum Gasteiger partial charge on any atom is -0.497 e. The molecule has 24 heavy (non-hydrogen) atoms. The third kappa shape index (κ3) is 3.59. The van der Waals surface area contributed by atoms with Gasteiger partial charge in [-0.25, -0.2) is 4.79 Å². The first-order chi connectivity index (χ1) is 11.6. The number of nitrogens with zero attached hydrogens (tertiary/aromatic N) is 1. The van der Waals surface area contributed by atoms with Crippen molar-refractivity contribution in [1.82, 2.24) is 0 Å². The Hall–Kier alpha value is -2.34. The first-order valence-corrected chi connectivity index (χ1v) is 8.25. The highest BCUT2D eigenvalue weighted by Crippen LogP contribution is 2.31. The number of rotatable bonds is 3. The zero-order valence-corrected chi connectivity index (χ0v) is 14.9. The van der Waals surface area contributed by atoms with Crippen LogP contribution < -0.4 is 9.47 Å². The van der Waals surface area contributed by atoms with Crippen molar-refractivity contribution in [2.75, 3.05) is 7.11 Å². The Labute approximate surface area is 148 Å². The molecule has 0 aromatic heterocycles. The van der Waals surface area contributed by atoms with E-state index < -0.39 is 5.97 Å². The smallest absolute Gasteiger partial charge is 0.365 e. The highest BCUT2D eigenvalue weighted by Gasteiger charge is 2.23. The maximum Gasteiger partial charge on any atom is 0.365 e. The molecular formula is C18H16BrNO4. The van der Waals surface area contributed by atoms with E-state index >= 15 is 0 Å². The molecule has 1 aliphatic heterocycles. The van der Waals surface area contributed by atoms with E-state index in [0.29, 0.717) is 29.2 Å². The van der Waals surface area contributed by atoms with Gasteiger partial charge in [0.15, 0.2) is 0 Å². The number of carbonyl (C=O) groups excluding carboxylic acids is 1. The second-order valence-electron chi connectivity index (χ2n) is 5.42. The molecular weight excluding hydrogens is 374 g/mol.